The zero-order chi connectivity index (χ0) is 12.5. The predicted molar refractivity (Wildman–Crippen MR) is 69.7 cm³/mol. The second-order valence-corrected chi connectivity index (χ2v) is 6.22. The van der Waals surface area contributed by atoms with Gasteiger partial charge in [-0.15, -0.1) is 0 Å². The average molecular weight is 235 g/mol. The van der Waals surface area contributed by atoms with Crippen LogP contribution in [0.2, 0.25) is 0 Å². The zero-order valence-corrected chi connectivity index (χ0v) is 11.0. The molecule has 1 aliphatic rings. The first kappa shape index (κ1) is 12.6. The van der Waals surface area contributed by atoms with Crippen molar-refractivity contribution in [1.82, 2.24) is 5.32 Å². The Bertz CT molecular complexity index is 388. The fourth-order valence-corrected chi connectivity index (χ4v) is 2.47. The summed E-state index contributed by atoms with van der Waals surface area (Å²) in [6.45, 7) is 7.33. The van der Waals surface area contributed by atoms with Crippen LogP contribution in [0.3, 0.4) is 0 Å². The van der Waals surface area contributed by atoms with E-state index in [0.29, 0.717) is 0 Å². The van der Waals surface area contributed by atoms with Crippen molar-refractivity contribution in [3.63, 3.8) is 0 Å². The first-order valence-corrected chi connectivity index (χ1v) is 6.43. The quantitative estimate of drug-likeness (QED) is 0.843. The molecule has 0 bridgehead atoms. The Kier molecular flexibility index (Phi) is 3.26. The highest BCUT2D eigenvalue weighted by Gasteiger charge is 2.40. The zero-order valence-electron chi connectivity index (χ0n) is 11.0. The van der Waals surface area contributed by atoms with Crippen LogP contribution in [-0.2, 0) is 5.41 Å². The molecule has 0 aromatic heterocycles. The first-order chi connectivity index (χ1) is 7.93. The van der Waals surface area contributed by atoms with Gasteiger partial charge in [0.1, 0.15) is 5.82 Å². The fraction of sp³-hybridized carbons (Fsp3) is 0.600. The molecule has 0 amide bonds. The van der Waals surface area contributed by atoms with E-state index in [4.69, 9.17) is 0 Å². The van der Waals surface area contributed by atoms with Crippen molar-refractivity contribution >= 4 is 0 Å². The second kappa shape index (κ2) is 4.41. The van der Waals surface area contributed by atoms with Crippen LogP contribution in [0.4, 0.5) is 4.39 Å². The monoisotopic (exact) mass is 235 g/mol. The lowest BCUT2D eigenvalue weighted by Gasteiger charge is -2.44. The number of hydrogen-bond acceptors (Lipinski definition) is 1. The van der Waals surface area contributed by atoms with Gasteiger partial charge in [-0.3, -0.25) is 0 Å². The lowest BCUT2D eigenvalue weighted by molar-refractivity contribution is 0.207. The molecule has 0 radical (unpaired) electrons. The smallest absolute Gasteiger partial charge is 0.127 e. The molecule has 1 fully saturated rings. The third-order valence-corrected chi connectivity index (χ3v) is 3.71. The second-order valence-electron chi connectivity index (χ2n) is 6.22. The molecule has 1 nitrogen and oxygen atoms in total. The largest absolute Gasteiger partial charge is 0.311 e. The molecule has 0 unspecified atom stereocenters. The lowest BCUT2D eigenvalue weighted by atomic mass is 9.64. The number of benzene rings is 1. The van der Waals surface area contributed by atoms with Gasteiger partial charge in [0.15, 0.2) is 0 Å². The summed E-state index contributed by atoms with van der Waals surface area (Å²) in [5.41, 5.74) is 1.01. The highest BCUT2D eigenvalue weighted by atomic mass is 19.1. The van der Waals surface area contributed by atoms with Gasteiger partial charge in [-0.2, -0.15) is 0 Å². The molecule has 1 saturated carbocycles. The van der Waals surface area contributed by atoms with E-state index in [9.17, 15) is 4.39 Å². The van der Waals surface area contributed by atoms with Crippen molar-refractivity contribution in [2.24, 2.45) is 0 Å². The molecule has 0 aliphatic heterocycles. The Labute approximate surface area is 103 Å². The minimum atomic E-state index is -0.0529. The molecule has 2 heteroatoms. The summed E-state index contributed by atoms with van der Waals surface area (Å²) in [7, 11) is 0. The molecule has 1 N–H and O–H groups in total. The molecular formula is C15H22FN. The van der Waals surface area contributed by atoms with E-state index >= 15 is 0 Å². The minimum Gasteiger partial charge on any atom is -0.311 e. The van der Waals surface area contributed by atoms with Gasteiger partial charge in [-0.05, 0) is 45.2 Å². The van der Waals surface area contributed by atoms with Gasteiger partial charge < -0.3 is 5.32 Å². The summed E-state index contributed by atoms with van der Waals surface area (Å²) < 4.78 is 13.9. The van der Waals surface area contributed by atoms with Gasteiger partial charge in [-0.1, -0.05) is 24.6 Å². The summed E-state index contributed by atoms with van der Waals surface area (Å²) in [6, 6.07) is 7.23. The van der Waals surface area contributed by atoms with Crippen molar-refractivity contribution in [3.05, 3.63) is 35.6 Å². The fourth-order valence-electron chi connectivity index (χ4n) is 2.47. The summed E-state index contributed by atoms with van der Waals surface area (Å²) in [4.78, 5) is 0. The van der Waals surface area contributed by atoms with E-state index in [-0.39, 0.29) is 16.8 Å². The van der Waals surface area contributed by atoms with Crippen LogP contribution in [-0.4, -0.2) is 12.1 Å². The van der Waals surface area contributed by atoms with Crippen LogP contribution in [0.15, 0.2) is 24.3 Å². The lowest BCUT2D eigenvalue weighted by Crippen LogP contribution is -2.49. The van der Waals surface area contributed by atoms with Crippen LogP contribution >= 0.6 is 0 Å². The molecule has 0 heterocycles. The Morgan fingerprint density at radius 3 is 2.35 bits per heavy atom. The van der Waals surface area contributed by atoms with Crippen LogP contribution < -0.4 is 5.32 Å². The number of nitrogens with one attached hydrogen (secondary N) is 1. The molecule has 17 heavy (non-hydrogen) atoms. The molecule has 0 spiro atoms. The van der Waals surface area contributed by atoms with Crippen molar-refractivity contribution in [3.8, 4) is 0 Å². The SMILES string of the molecule is CC(C)(C)NCC1(c2ccccc2F)CCC1. The summed E-state index contributed by atoms with van der Waals surface area (Å²) in [6.07, 6.45) is 3.40. The van der Waals surface area contributed by atoms with E-state index in [1.807, 2.05) is 12.1 Å². The maximum atomic E-state index is 13.9. The Balaban J connectivity index is 2.18. The van der Waals surface area contributed by atoms with Crippen LogP contribution in [0, 0.1) is 5.82 Å². The maximum absolute atomic E-state index is 13.9. The summed E-state index contributed by atoms with van der Waals surface area (Å²) in [5.74, 6) is -0.0529. The van der Waals surface area contributed by atoms with Crippen molar-refractivity contribution < 1.29 is 4.39 Å². The Morgan fingerprint density at radius 2 is 1.88 bits per heavy atom. The van der Waals surface area contributed by atoms with E-state index in [0.717, 1.165) is 24.9 Å². The first-order valence-electron chi connectivity index (χ1n) is 6.43. The van der Waals surface area contributed by atoms with E-state index < -0.39 is 0 Å². The maximum Gasteiger partial charge on any atom is 0.127 e. The normalized spacial score (nSPS) is 18.8. The molecule has 0 atom stereocenters. The highest BCUT2D eigenvalue weighted by molar-refractivity contribution is 5.30. The van der Waals surface area contributed by atoms with E-state index in [1.165, 1.54) is 6.42 Å². The van der Waals surface area contributed by atoms with Gasteiger partial charge >= 0.3 is 0 Å². The number of hydrogen-bond donors (Lipinski definition) is 1. The molecule has 1 aromatic rings. The van der Waals surface area contributed by atoms with Gasteiger partial charge in [0.05, 0.1) is 0 Å². The molecule has 1 aliphatic carbocycles. The summed E-state index contributed by atoms with van der Waals surface area (Å²) >= 11 is 0. The van der Waals surface area contributed by atoms with E-state index in [1.54, 1.807) is 12.1 Å². The number of halogens is 1. The highest BCUT2D eigenvalue weighted by Crippen LogP contribution is 2.44. The number of rotatable bonds is 3. The average Bonchev–Trinajstić information content (AvgIpc) is 2.17. The third-order valence-electron chi connectivity index (χ3n) is 3.71. The van der Waals surface area contributed by atoms with E-state index in [2.05, 4.69) is 26.1 Å². The standard InChI is InChI=1S/C15H22FN/c1-14(2,3)17-11-15(9-6-10-15)12-7-4-5-8-13(12)16/h4-5,7-8,17H,6,9-11H2,1-3H3. The third kappa shape index (κ3) is 2.68. The molecule has 94 valence electrons. The Hall–Kier alpha value is -0.890. The minimum absolute atomic E-state index is 0.0264. The van der Waals surface area contributed by atoms with Gasteiger partial charge in [0.2, 0.25) is 0 Å². The van der Waals surface area contributed by atoms with Crippen LogP contribution in [0.5, 0.6) is 0 Å². The molecule has 0 saturated heterocycles. The molecule has 1 aromatic carbocycles. The van der Waals surface area contributed by atoms with Gasteiger partial charge in [0, 0.05) is 17.5 Å². The van der Waals surface area contributed by atoms with Crippen LogP contribution in [0.25, 0.3) is 0 Å². The topological polar surface area (TPSA) is 12.0 Å². The van der Waals surface area contributed by atoms with Crippen molar-refractivity contribution in [1.29, 1.82) is 0 Å². The van der Waals surface area contributed by atoms with Gasteiger partial charge in [0.25, 0.3) is 0 Å². The van der Waals surface area contributed by atoms with Crippen molar-refractivity contribution in [2.45, 2.75) is 51.0 Å². The summed E-state index contributed by atoms with van der Waals surface area (Å²) in [5, 5.41) is 3.52. The Morgan fingerprint density at radius 1 is 1.24 bits per heavy atom. The molecule has 2 rings (SSSR count). The van der Waals surface area contributed by atoms with Crippen molar-refractivity contribution in [2.75, 3.05) is 6.54 Å². The van der Waals surface area contributed by atoms with Crippen LogP contribution in [0.1, 0.15) is 45.6 Å². The molecular weight excluding hydrogens is 213 g/mol. The predicted octanol–water partition coefficient (Wildman–Crippen LogP) is 3.64. The van der Waals surface area contributed by atoms with Gasteiger partial charge in [-0.25, -0.2) is 4.39 Å².